The topological polar surface area (TPSA) is 12.0 Å². The molecule has 15 heavy (non-hydrogen) atoms. The third-order valence-corrected chi connectivity index (χ3v) is 2.87. The SMILES string of the molecule is CCNC(C)CC(C)c1cccc(C)c1. The molecule has 0 radical (unpaired) electrons. The van der Waals surface area contributed by atoms with Crippen molar-refractivity contribution >= 4 is 0 Å². The molecule has 1 rings (SSSR count). The van der Waals surface area contributed by atoms with E-state index in [-0.39, 0.29) is 0 Å². The van der Waals surface area contributed by atoms with Crippen LogP contribution in [0.5, 0.6) is 0 Å². The van der Waals surface area contributed by atoms with E-state index in [1.807, 2.05) is 0 Å². The molecule has 84 valence electrons. The largest absolute Gasteiger partial charge is 0.315 e. The molecule has 0 fully saturated rings. The zero-order valence-electron chi connectivity index (χ0n) is 10.4. The molecule has 1 aromatic carbocycles. The molecule has 0 aliphatic rings. The van der Waals surface area contributed by atoms with Crippen LogP contribution in [0.1, 0.15) is 44.2 Å². The molecule has 0 aromatic heterocycles. The number of aryl methyl sites for hydroxylation is 1. The van der Waals surface area contributed by atoms with Crippen molar-refractivity contribution in [3.63, 3.8) is 0 Å². The van der Waals surface area contributed by atoms with E-state index in [0.717, 1.165) is 6.54 Å². The van der Waals surface area contributed by atoms with Crippen molar-refractivity contribution < 1.29 is 0 Å². The van der Waals surface area contributed by atoms with E-state index in [4.69, 9.17) is 0 Å². The Morgan fingerprint density at radius 1 is 1.27 bits per heavy atom. The van der Waals surface area contributed by atoms with Gasteiger partial charge in [-0.05, 0) is 38.3 Å². The number of hydrogen-bond acceptors (Lipinski definition) is 1. The van der Waals surface area contributed by atoms with E-state index in [2.05, 4.69) is 57.3 Å². The Kier molecular flexibility index (Phi) is 4.83. The minimum Gasteiger partial charge on any atom is -0.315 e. The lowest BCUT2D eigenvalue weighted by Crippen LogP contribution is -2.26. The maximum atomic E-state index is 3.46. The Morgan fingerprint density at radius 2 is 2.00 bits per heavy atom. The van der Waals surface area contributed by atoms with Crippen LogP contribution in [0.15, 0.2) is 24.3 Å². The van der Waals surface area contributed by atoms with Gasteiger partial charge in [0.25, 0.3) is 0 Å². The van der Waals surface area contributed by atoms with Gasteiger partial charge in [0.15, 0.2) is 0 Å². The molecule has 1 N–H and O–H groups in total. The van der Waals surface area contributed by atoms with Crippen molar-refractivity contribution in [1.82, 2.24) is 5.32 Å². The molecule has 2 atom stereocenters. The van der Waals surface area contributed by atoms with E-state index in [1.165, 1.54) is 17.5 Å². The first-order valence-electron chi connectivity index (χ1n) is 5.93. The molecule has 0 aliphatic heterocycles. The molecule has 1 aromatic rings. The predicted molar refractivity (Wildman–Crippen MR) is 67.3 cm³/mol. The summed E-state index contributed by atoms with van der Waals surface area (Å²) in [5.41, 5.74) is 2.82. The monoisotopic (exact) mass is 205 g/mol. The molecular formula is C14H23N. The third kappa shape index (κ3) is 4.05. The highest BCUT2D eigenvalue weighted by Crippen LogP contribution is 2.21. The summed E-state index contributed by atoms with van der Waals surface area (Å²) < 4.78 is 0. The quantitative estimate of drug-likeness (QED) is 0.776. The van der Waals surface area contributed by atoms with Gasteiger partial charge in [-0.25, -0.2) is 0 Å². The Bertz CT molecular complexity index is 293. The van der Waals surface area contributed by atoms with E-state index >= 15 is 0 Å². The minimum atomic E-state index is 0.602. The Hall–Kier alpha value is -0.820. The molecule has 1 heteroatoms. The lowest BCUT2D eigenvalue weighted by molar-refractivity contribution is 0.491. The second-order valence-corrected chi connectivity index (χ2v) is 4.51. The lowest BCUT2D eigenvalue weighted by Gasteiger charge is -2.18. The minimum absolute atomic E-state index is 0.602. The first-order valence-corrected chi connectivity index (χ1v) is 5.93. The summed E-state index contributed by atoms with van der Waals surface area (Å²) >= 11 is 0. The van der Waals surface area contributed by atoms with Crippen LogP contribution in [0.3, 0.4) is 0 Å². The zero-order chi connectivity index (χ0) is 11.3. The first-order chi connectivity index (χ1) is 7.13. The van der Waals surface area contributed by atoms with Gasteiger partial charge >= 0.3 is 0 Å². The summed E-state index contributed by atoms with van der Waals surface area (Å²) in [6.07, 6.45) is 1.21. The number of benzene rings is 1. The zero-order valence-corrected chi connectivity index (χ0v) is 10.4. The average Bonchev–Trinajstić information content (AvgIpc) is 2.18. The maximum Gasteiger partial charge on any atom is 0.00443 e. The van der Waals surface area contributed by atoms with Gasteiger partial charge in [0.05, 0.1) is 0 Å². The standard InChI is InChI=1S/C14H23N/c1-5-15-13(4)10-12(3)14-8-6-7-11(2)9-14/h6-9,12-13,15H,5,10H2,1-4H3. The molecule has 0 spiro atoms. The highest BCUT2D eigenvalue weighted by molar-refractivity contribution is 5.25. The fraction of sp³-hybridized carbons (Fsp3) is 0.571. The summed E-state index contributed by atoms with van der Waals surface area (Å²) in [4.78, 5) is 0. The van der Waals surface area contributed by atoms with Crippen LogP contribution in [-0.2, 0) is 0 Å². The molecule has 0 amide bonds. The fourth-order valence-corrected chi connectivity index (χ4v) is 2.07. The third-order valence-electron chi connectivity index (χ3n) is 2.87. The number of nitrogens with one attached hydrogen (secondary N) is 1. The van der Waals surface area contributed by atoms with Gasteiger partial charge in [-0.2, -0.15) is 0 Å². The Labute approximate surface area is 93.9 Å². The van der Waals surface area contributed by atoms with E-state index in [0.29, 0.717) is 12.0 Å². The first kappa shape index (κ1) is 12.3. The van der Waals surface area contributed by atoms with Crippen LogP contribution < -0.4 is 5.32 Å². The van der Waals surface area contributed by atoms with Crippen molar-refractivity contribution in [2.24, 2.45) is 0 Å². The van der Waals surface area contributed by atoms with E-state index < -0.39 is 0 Å². The van der Waals surface area contributed by atoms with Crippen molar-refractivity contribution in [2.75, 3.05) is 6.54 Å². The Balaban J connectivity index is 2.56. The van der Waals surface area contributed by atoms with E-state index in [9.17, 15) is 0 Å². The average molecular weight is 205 g/mol. The highest BCUT2D eigenvalue weighted by atomic mass is 14.9. The second-order valence-electron chi connectivity index (χ2n) is 4.51. The van der Waals surface area contributed by atoms with Crippen molar-refractivity contribution in [3.8, 4) is 0 Å². The Morgan fingerprint density at radius 3 is 2.60 bits per heavy atom. The van der Waals surface area contributed by atoms with Gasteiger partial charge in [-0.15, -0.1) is 0 Å². The molecule has 0 aliphatic carbocycles. The molecule has 0 bridgehead atoms. The van der Waals surface area contributed by atoms with E-state index in [1.54, 1.807) is 0 Å². The summed E-state index contributed by atoms with van der Waals surface area (Å²) in [5, 5.41) is 3.46. The normalized spacial score (nSPS) is 14.9. The van der Waals surface area contributed by atoms with Crippen molar-refractivity contribution in [1.29, 1.82) is 0 Å². The van der Waals surface area contributed by atoms with Gasteiger partial charge in [0.1, 0.15) is 0 Å². The predicted octanol–water partition coefficient (Wildman–Crippen LogP) is 3.49. The van der Waals surface area contributed by atoms with Crippen molar-refractivity contribution in [3.05, 3.63) is 35.4 Å². The molecule has 0 saturated carbocycles. The summed E-state index contributed by atoms with van der Waals surface area (Å²) in [7, 11) is 0. The summed E-state index contributed by atoms with van der Waals surface area (Å²) in [5.74, 6) is 0.638. The maximum absolute atomic E-state index is 3.46. The molecule has 1 nitrogen and oxygen atoms in total. The molecular weight excluding hydrogens is 182 g/mol. The molecule has 2 unspecified atom stereocenters. The van der Waals surface area contributed by atoms with Crippen molar-refractivity contribution in [2.45, 2.75) is 46.1 Å². The van der Waals surface area contributed by atoms with Crippen LogP contribution in [0, 0.1) is 6.92 Å². The number of rotatable bonds is 5. The van der Waals surface area contributed by atoms with Crippen LogP contribution in [0.25, 0.3) is 0 Å². The molecule has 0 saturated heterocycles. The molecule has 0 heterocycles. The van der Waals surface area contributed by atoms with Gasteiger partial charge in [0.2, 0.25) is 0 Å². The lowest BCUT2D eigenvalue weighted by atomic mass is 9.93. The van der Waals surface area contributed by atoms with Crippen LogP contribution in [0.4, 0.5) is 0 Å². The van der Waals surface area contributed by atoms with Gasteiger partial charge in [0, 0.05) is 6.04 Å². The van der Waals surface area contributed by atoms with Gasteiger partial charge in [-0.1, -0.05) is 43.7 Å². The number of hydrogen-bond donors (Lipinski definition) is 1. The smallest absolute Gasteiger partial charge is 0.00443 e. The van der Waals surface area contributed by atoms with Gasteiger partial charge < -0.3 is 5.32 Å². The summed E-state index contributed by atoms with van der Waals surface area (Å²) in [6.45, 7) is 9.94. The van der Waals surface area contributed by atoms with Crippen LogP contribution in [-0.4, -0.2) is 12.6 Å². The summed E-state index contributed by atoms with van der Waals surface area (Å²) in [6, 6.07) is 9.44. The van der Waals surface area contributed by atoms with Crippen LogP contribution in [0.2, 0.25) is 0 Å². The highest BCUT2D eigenvalue weighted by Gasteiger charge is 2.09. The van der Waals surface area contributed by atoms with Crippen LogP contribution >= 0.6 is 0 Å². The fourth-order valence-electron chi connectivity index (χ4n) is 2.07. The second kappa shape index (κ2) is 5.92. The van der Waals surface area contributed by atoms with Gasteiger partial charge in [-0.3, -0.25) is 0 Å².